The van der Waals surface area contributed by atoms with Crippen molar-refractivity contribution >= 4 is 11.9 Å². The highest BCUT2D eigenvalue weighted by molar-refractivity contribution is 6.04. The maximum atomic E-state index is 12.3. The fourth-order valence-corrected chi connectivity index (χ4v) is 2.58. The number of nitrogens with zero attached hydrogens (tertiary/aromatic N) is 2. The van der Waals surface area contributed by atoms with Crippen molar-refractivity contribution in [2.24, 2.45) is 5.92 Å². The van der Waals surface area contributed by atoms with Gasteiger partial charge in [0.15, 0.2) is 5.78 Å². The molecule has 100 valence electrons. The summed E-state index contributed by atoms with van der Waals surface area (Å²) >= 11 is 0. The molecule has 0 N–H and O–H groups in total. The van der Waals surface area contributed by atoms with E-state index in [4.69, 9.17) is 4.52 Å². The van der Waals surface area contributed by atoms with Gasteiger partial charge in [-0.15, -0.1) is 0 Å². The average molecular weight is 258 g/mol. The van der Waals surface area contributed by atoms with Crippen molar-refractivity contribution < 1.29 is 9.32 Å². The SMILES string of the molecule is Cc1noc(C)c1/C=C(\C#N)C(=O)C1CCCCC1. The molecule has 0 atom stereocenters. The summed E-state index contributed by atoms with van der Waals surface area (Å²) in [6, 6.07) is 2.03. The maximum absolute atomic E-state index is 12.3. The summed E-state index contributed by atoms with van der Waals surface area (Å²) in [6.45, 7) is 3.59. The second-order valence-corrected chi connectivity index (χ2v) is 5.11. The molecule has 1 aromatic rings. The van der Waals surface area contributed by atoms with Crippen LogP contribution in [0.3, 0.4) is 0 Å². The fourth-order valence-electron chi connectivity index (χ4n) is 2.58. The zero-order valence-corrected chi connectivity index (χ0v) is 11.4. The molecular formula is C15H18N2O2. The lowest BCUT2D eigenvalue weighted by molar-refractivity contribution is -0.119. The number of carbonyl (C=O) groups excluding carboxylic acids is 1. The molecule has 0 bridgehead atoms. The number of aromatic nitrogens is 1. The molecule has 2 rings (SSSR count). The van der Waals surface area contributed by atoms with Crippen LogP contribution >= 0.6 is 0 Å². The predicted octanol–water partition coefficient (Wildman–Crippen LogP) is 3.35. The molecule has 1 aromatic heterocycles. The molecule has 4 heteroatoms. The van der Waals surface area contributed by atoms with Crippen LogP contribution in [-0.4, -0.2) is 10.9 Å². The number of nitriles is 1. The maximum Gasteiger partial charge on any atom is 0.176 e. The van der Waals surface area contributed by atoms with Gasteiger partial charge in [-0.2, -0.15) is 5.26 Å². The lowest BCUT2D eigenvalue weighted by atomic mass is 9.83. The number of Topliss-reactive ketones (excluding diaryl/α,β-unsaturated/α-hetero) is 1. The quantitative estimate of drug-likeness (QED) is 0.616. The summed E-state index contributed by atoms with van der Waals surface area (Å²) in [4.78, 5) is 12.3. The van der Waals surface area contributed by atoms with Crippen molar-refractivity contribution in [3.05, 3.63) is 22.6 Å². The molecule has 0 radical (unpaired) electrons. The fraction of sp³-hybridized carbons (Fsp3) is 0.533. The largest absolute Gasteiger partial charge is 0.361 e. The Morgan fingerprint density at radius 3 is 2.58 bits per heavy atom. The second kappa shape index (κ2) is 5.83. The minimum atomic E-state index is -0.0257. The normalized spacial score (nSPS) is 17.2. The minimum absolute atomic E-state index is 0.0140. The van der Waals surface area contributed by atoms with Crippen LogP contribution in [0.4, 0.5) is 0 Å². The Hall–Kier alpha value is -1.89. The molecule has 1 heterocycles. The van der Waals surface area contributed by atoms with Gasteiger partial charge in [0.1, 0.15) is 11.8 Å². The highest BCUT2D eigenvalue weighted by Crippen LogP contribution is 2.27. The first-order valence-electron chi connectivity index (χ1n) is 6.72. The predicted molar refractivity (Wildman–Crippen MR) is 71.1 cm³/mol. The first-order chi connectivity index (χ1) is 9.13. The first kappa shape index (κ1) is 13.5. The lowest BCUT2D eigenvalue weighted by Crippen LogP contribution is -2.19. The lowest BCUT2D eigenvalue weighted by Gasteiger charge is -2.19. The molecule has 4 nitrogen and oxygen atoms in total. The number of hydrogen-bond acceptors (Lipinski definition) is 4. The van der Waals surface area contributed by atoms with E-state index in [9.17, 15) is 10.1 Å². The Labute approximate surface area is 113 Å². The molecule has 1 saturated carbocycles. The van der Waals surface area contributed by atoms with Crippen molar-refractivity contribution in [2.45, 2.75) is 46.0 Å². The standard InChI is InChI=1S/C15H18N2O2/c1-10-14(11(2)19-17-10)8-13(9-16)15(18)12-6-4-3-5-7-12/h8,12H,3-7H2,1-2H3/b13-8+. The van der Waals surface area contributed by atoms with Gasteiger partial charge < -0.3 is 4.52 Å². The minimum Gasteiger partial charge on any atom is -0.361 e. The molecule has 1 fully saturated rings. The van der Waals surface area contributed by atoms with Crippen LogP contribution in [0, 0.1) is 31.1 Å². The summed E-state index contributed by atoms with van der Waals surface area (Å²) in [5.41, 5.74) is 1.68. The third-order valence-electron chi connectivity index (χ3n) is 3.74. The van der Waals surface area contributed by atoms with Gasteiger partial charge >= 0.3 is 0 Å². The molecule has 0 saturated heterocycles. The van der Waals surface area contributed by atoms with E-state index in [1.807, 2.05) is 13.0 Å². The van der Waals surface area contributed by atoms with Crippen molar-refractivity contribution in [1.82, 2.24) is 5.16 Å². The van der Waals surface area contributed by atoms with Crippen LogP contribution in [-0.2, 0) is 4.79 Å². The van der Waals surface area contributed by atoms with Gasteiger partial charge in [-0.25, -0.2) is 0 Å². The van der Waals surface area contributed by atoms with Gasteiger partial charge in [-0.1, -0.05) is 24.4 Å². The molecule has 0 unspecified atom stereocenters. The van der Waals surface area contributed by atoms with Crippen molar-refractivity contribution in [3.63, 3.8) is 0 Å². The number of hydrogen-bond donors (Lipinski definition) is 0. The van der Waals surface area contributed by atoms with Crippen molar-refractivity contribution in [2.75, 3.05) is 0 Å². The number of allylic oxidation sites excluding steroid dienone is 1. The Morgan fingerprint density at radius 1 is 1.37 bits per heavy atom. The van der Waals surface area contributed by atoms with E-state index in [1.54, 1.807) is 13.0 Å². The molecule has 0 aromatic carbocycles. The van der Waals surface area contributed by atoms with Crippen LogP contribution in [0.15, 0.2) is 10.1 Å². The molecule has 0 amide bonds. The number of rotatable bonds is 3. The van der Waals surface area contributed by atoms with Crippen LogP contribution in [0.25, 0.3) is 6.08 Å². The first-order valence-corrected chi connectivity index (χ1v) is 6.72. The van der Waals surface area contributed by atoms with Gasteiger partial charge in [-0.3, -0.25) is 4.79 Å². The Bertz CT molecular complexity index is 523. The highest BCUT2D eigenvalue weighted by Gasteiger charge is 2.24. The van der Waals surface area contributed by atoms with Crippen molar-refractivity contribution in [1.29, 1.82) is 5.26 Å². The second-order valence-electron chi connectivity index (χ2n) is 5.11. The third-order valence-corrected chi connectivity index (χ3v) is 3.74. The monoisotopic (exact) mass is 258 g/mol. The van der Waals surface area contributed by atoms with Crippen LogP contribution in [0.1, 0.15) is 49.1 Å². The van der Waals surface area contributed by atoms with Gasteiger partial charge in [0.25, 0.3) is 0 Å². The average Bonchev–Trinajstić information content (AvgIpc) is 2.76. The Balaban J connectivity index is 2.25. The van der Waals surface area contributed by atoms with Gasteiger partial charge in [-0.05, 0) is 32.8 Å². The Morgan fingerprint density at radius 2 is 2.05 bits per heavy atom. The van der Waals surface area contributed by atoms with Gasteiger partial charge in [0.2, 0.25) is 0 Å². The zero-order valence-electron chi connectivity index (χ0n) is 11.4. The molecule has 0 spiro atoms. The highest BCUT2D eigenvalue weighted by atomic mass is 16.5. The molecule has 1 aliphatic carbocycles. The molecule has 0 aliphatic heterocycles. The van der Waals surface area contributed by atoms with Crippen LogP contribution in [0.2, 0.25) is 0 Å². The molecular weight excluding hydrogens is 240 g/mol. The topological polar surface area (TPSA) is 66.9 Å². The van der Waals surface area contributed by atoms with E-state index >= 15 is 0 Å². The number of aryl methyl sites for hydroxylation is 2. The summed E-state index contributed by atoms with van der Waals surface area (Å²) in [7, 11) is 0. The van der Waals surface area contributed by atoms with E-state index in [-0.39, 0.29) is 17.3 Å². The summed E-state index contributed by atoms with van der Waals surface area (Å²) < 4.78 is 5.05. The number of ketones is 1. The summed E-state index contributed by atoms with van der Waals surface area (Å²) in [5.74, 6) is 0.629. The number of carbonyl (C=O) groups is 1. The van der Waals surface area contributed by atoms with Crippen LogP contribution in [0.5, 0.6) is 0 Å². The molecule has 19 heavy (non-hydrogen) atoms. The van der Waals surface area contributed by atoms with Gasteiger partial charge in [0.05, 0.1) is 11.3 Å². The molecule has 1 aliphatic rings. The van der Waals surface area contributed by atoms with E-state index < -0.39 is 0 Å². The van der Waals surface area contributed by atoms with Crippen molar-refractivity contribution in [3.8, 4) is 6.07 Å². The van der Waals surface area contributed by atoms with Crippen LogP contribution < -0.4 is 0 Å². The van der Waals surface area contributed by atoms with E-state index in [0.717, 1.165) is 31.2 Å². The summed E-state index contributed by atoms with van der Waals surface area (Å²) in [6.07, 6.45) is 6.79. The Kier molecular flexibility index (Phi) is 4.16. The van der Waals surface area contributed by atoms with E-state index in [1.165, 1.54) is 6.42 Å². The van der Waals surface area contributed by atoms with E-state index in [0.29, 0.717) is 11.5 Å². The van der Waals surface area contributed by atoms with E-state index in [2.05, 4.69) is 5.16 Å². The summed E-state index contributed by atoms with van der Waals surface area (Å²) in [5, 5.41) is 13.1. The zero-order chi connectivity index (χ0) is 13.8. The van der Waals surface area contributed by atoms with Gasteiger partial charge in [0, 0.05) is 11.5 Å². The third kappa shape index (κ3) is 2.93. The smallest absolute Gasteiger partial charge is 0.176 e.